The van der Waals surface area contributed by atoms with Gasteiger partial charge in [-0.2, -0.15) is 8.78 Å². The van der Waals surface area contributed by atoms with Gasteiger partial charge < -0.3 is 4.55 Å². The van der Waals surface area contributed by atoms with Gasteiger partial charge >= 0.3 is 11.7 Å². The lowest BCUT2D eigenvalue weighted by Crippen LogP contribution is -2.36. The molecule has 9 heteroatoms. The van der Waals surface area contributed by atoms with Crippen molar-refractivity contribution in [2.24, 2.45) is 0 Å². The van der Waals surface area contributed by atoms with Crippen molar-refractivity contribution < 1.29 is 30.5 Å². The van der Waals surface area contributed by atoms with E-state index in [1.807, 2.05) is 0 Å². The normalized spacial score (nSPS) is 12.5. The highest BCUT2D eigenvalue weighted by Gasteiger charge is 2.48. The van der Waals surface area contributed by atoms with Gasteiger partial charge in [-0.25, -0.2) is 17.2 Å². The summed E-state index contributed by atoms with van der Waals surface area (Å²) in [7, 11) is -6.93. The molecule has 0 saturated carbocycles. The van der Waals surface area contributed by atoms with Crippen LogP contribution in [0.15, 0.2) is 0 Å². The minimum absolute atomic E-state index is 0.697. The minimum Gasteiger partial charge on any atom is -0.743 e. The molecule has 0 unspecified atom stereocenters. The topological polar surface area (TPSA) is 57.2 Å². The Bertz CT molecular complexity index is 662. The molecule has 0 N–H and O–H groups in total. The Balaban J connectivity index is 0. The Hall–Kier alpha value is 0.0600. The fourth-order valence-corrected chi connectivity index (χ4v) is 10.8. The van der Waals surface area contributed by atoms with Crippen molar-refractivity contribution in [2.75, 3.05) is 24.6 Å². The molecule has 262 valence electrons. The van der Waals surface area contributed by atoms with Crippen LogP contribution in [0.25, 0.3) is 0 Å². The summed E-state index contributed by atoms with van der Waals surface area (Å²) in [5.74, 6) is 0. The van der Waals surface area contributed by atoms with Crippen molar-refractivity contribution in [1.82, 2.24) is 0 Å². The first-order valence-corrected chi connectivity index (χ1v) is 21.8. The predicted octanol–water partition coefficient (Wildman–Crippen LogP) is 12.8. The second-order valence-electron chi connectivity index (χ2n) is 12.6. The van der Waals surface area contributed by atoms with Crippen LogP contribution in [0, 0.1) is 0 Å². The highest BCUT2D eigenvalue weighted by atomic mass is 32.2. The second-order valence-corrected chi connectivity index (χ2v) is 18.5. The summed E-state index contributed by atoms with van der Waals surface area (Å²) in [6.07, 6.45) is 37.6. The Morgan fingerprint density at radius 1 is 0.488 bits per heavy atom. The van der Waals surface area contributed by atoms with E-state index in [4.69, 9.17) is 0 Å². The summed E-state index contributed by atoms with van der Waals surface area (Å²) in [5.41, 5.74) is 0. The fourth-order valence-electron chi connectivity index (χ4n) is 5.69. The zero-order valence-corrected chi connectivity index (χ0v) is 30.2. The Morgan fingerprint density at radius 2 is 0.698 bits per heavy atom. The standard InChI is InChI=1S/C32H68P.C2H2F4O3S/c1-5-9-13-17-18-19-20-21-22-23-24-28-32-33(29-25-14-10-6-2,30-26-15-11-7-3)31-27-16-12-8-4;3-1(4)2(5,6)10(7,8)9/h5-32H2,1-4H3;1H,(H,7,8,9)/q+1;/p-1. The molecule has 3 nitrogen and oxygen atoms in total. The first kappa shape index (κ1) is 45.2. The zero-order valence-electron chi connectivity index (χ0n) is 28.5. The lowest BCUT2D eigenvalue weighted by molar-refractivity contribution is -0.0692. The molecule has 0 aliphatic heterocycles. The number of alkyl halides is 4. The molecule has 0 aliphatic rings. The zero-order chi connectivity index (χ0) is 32.9. The van der Waals surface area contributed by atoms with Crippen LogP contribution in [-0.2, 0) is 10.1 Å². The molecular formula is C34H69F4O3PS. The third-order valence-electron chi connectivity index (χ3n) is 8.53. The van der Waals surface area contributed by atoms with Crippen LogP contribution in [0.5, 0.6) is 0 Å². The number of hydrogen-bond donors (Lipinski definition) is 0. The van der Waals surface area contributed by atoms with Crippen molar-refractivity contribution in [3.63, 3.8) is 0 Å². The number of rotatable bonds is 30. The molecule has 0 heterocycles. The summed E-state index contributed by atoms with van der Waals surface area (Å²) in [6.45, 7) is 9.41. The van der Waals surface area contributed by atoms with Crippen molar-refractivity contribution in [3.05, 3.63) is 0 Å². The molecule has 0 aromatic rings. The average Bonchev–Trinajstić information content (AvgIpc) is 2.96. The monoisotopic (exact) mass is 664 g/mol. The van der Waals surface area contributed by atoms with Gasteiger partial charge in [-0.15, -0.1) is 0 Å². The average molecular weight is 665 g/mol. The fraction of sp³-hybridized carbons (Fsp3) is 1.00. The molecule has 0 bridgehead atoms. The lowest BCUT2D eigenvalue weighted by atomic mass is 10.1. The van der Waals surface area contributed by atoms with Gasteiger partial charge in [-0.1, -0.05) is 130 Å². The summed E-state index contributed by atoms with van der Waals surface area (Å²) in [6, 6.07) is 0. The molecule has 0 saturated heterocycles. The molecule has 0 amide bonds. The third-order valence-corrected chi connectivity index (χ3v) is 14.4. The third kappa shape index (κ3) is 25.9. The largest absolute Gasteiger partial charge is 0.743 e. The molecule has 0 aliphatic carbocycles. The predicted molar refractivity (Wildman–Crippen MR) is 181 cm³/mol. The van der Waals surface area contributed by atoms with E-state index in [1.54, 1.807) is 50.3 Å². The van der Waals surface area contributed by atoms with Crippen LogP contribution in [0.4, 0.5) is 17.6 Å². The molecule has 43 heavy (non-hydrogen) atoms. The maximum Gasteiger partial charge on any atom is 0.393 e. The highest BCUT2D eigenvalue weighted by molar-refractivity contribution is 7.86. The van der Waals surface area contributed by atoms with Crippen LogP contribution < -0.4 is 0 Å². The molecule has 0 atom stereocenters. The van der Waals surface area contributed by atoms with Crippen molar-refractivity contribution >= 4 is 17.4 Å². The number of unbranched alkanes of at least 4 members (excludes halogenated alkanes) is 20. The van der Waals surface area contributed by atoms with Crippen molar-refractivity contribution in [1.29, 1.82) is 0 Å². The van der Waals surface area contributed by atoms with E-state index in [0.29, 0.717) is 0 Å². The lowest BCUT2D eigenvalue weighted by Gasteiger charge is -2.28. The van der Waals surface area contributed by atoms with Crippen LogP contribution in [-0.4, -0.2) is 49.3 Å². The van der Waals surface area contributed by atoms with Gasteiger partial charge in [0.25, 0.3) is 0 Å². The summed E-state index contributed by atoms with van der Waals surface area (Å²) >= 11 is 0. The molecule has 0 aromatic heterocycles. The summed E-state index contributed by atoms with van der Waals surface area (Å²) in [4.78, 5) is 0. The van der Waals surface area contributed by atoms with Gasteiger partial charge in [0.1, 0.15) is 0 Å². The van der Waals surface area contributed by atoms with Crippen molar-refractivity contribution in [3.8, 4) is 0 Å². The maximum atomic E-state index is 11.4. The van der Waals surface area contributed by atoms with E-state index in [0.717, 1.165) is 0 Å². The summed E-state index contributed by atoms with van der Waals surface area (Å²) < 4.78 is 72.7. The van der Waals surface area contributed by atoms with Gasteiger partial charge in [0.2, 0.25) is 0 Å². The molecule has 0 radical (unpaired) electrons. The van der Waals surface area contributed by atoms with Crippen LogP contribution in [0.3, 0.4) is 0 Å². The van der Waals surface area contributed by atoms with E-state index in [2.05, 4.69) is 27.7 Å². The van der Waals surface area contributed by atoms with E-state index < -0.39 is 29.1 Å². The number of halogens is 4. The van der Waals surface area contributed by atoms with Gasteiger partial charge in [0, 0.05) is 7.26 Å². The van der Waals surface area contributed by atoms with E-state index in [9.17, 15) is 30.5 Å². The summed E-state index contributed by atoms with van der Waals surface area (Å²) in [5, 5.41) is -5.48. The highest BCUT2D eigenvalue weighted by Crippen LogP contribution is 2.61. The Kier molecular flexibility index (Phi) is 31.0. The molecule has 0 aromatic carbocycles. The van der Waals surface area contributed by atoms with E-state index in [-0.39, 0.29) is 0 Å². The first-order valence-electron chi connectivity index (χ1n) is 17.9. The van der Waals surface area contributed by atoms with Crippen LogP contribution in [0.1, 0.15) is 182 Å². The Labute approximate surface area is 265 Å². The van der Waals surface area contributed by atoms with Gasteiger partial charge in [0.15, 0.2) is 10.1 Å². The first-order chi connectivity index (χ1) is 20.4. The van der Waals surface area contributed by atoms with Gasteiger partial charge in [-0.05, 0) is 51.4 Å². The smallest absolute Gasteiger partial charge is 0.393 e. The van der Waals surface area contributed by atoms with Gasteiger partial charge in [0.05, 0.1) is 24.6 Å². The molecule has 0 spiro atoms. The number of hydrogen-bond acceptors (Lipinski definition) is 3. The van der Waals surface area contributed by atoms with Crippen molar-refractivity contribution in [2.45, 2.75) is 193 Å². The maximum absolute atomic E-state index is 11.4. The van der Waals surface area contributed by atoms with Gasteiger partial charge in [-0.3, -0.25) is 0 Å². The Morgan fingerprint density at radius 3 is 0.884 bits per heavy atom. The van der Waals surface area contributed by atoms with Crippen LogP contribution >= 0.6 is 7.26 Å². The van der Waals surface area contributed by atoms with E-state index >= 15 is 0 Å². The molecule has 0 fully saturated rings. The van der Waals surface area contributed by atoms with E-state index in [1.165, 1.54) is 128 Å². The SMILES string of the molecule is CCCCCCCCCCCCCC[P+](CCCCCC)(CCCCCC)CCCCCC.O=S(=O)([O-])C(F)(F)C(F)F. The minimum atomic E-state index is -6.23. The van der Waals surface area contributed by atoms with Crippen LogP contribution in [0.2, 0.25) is 0 Å². The molecule has 0 rings (SSSR count). The molecular weight excluding hydrogens is 595 g/mol. The second kappa shape index (κ2) is 29.5. The quantitative estimate of drug-likeness (QED) is 0.0332.